The average molecular weight is 353 g/mol. The minimum atomic E-state index is -1.20. The Labute approximate surface area is 151 Å². The number of carbonyl (C=O) groups is 1. The van der Waals surface area contributed by atoms with Gasteiger partial charge in [-0.15, -0.1) is 0 Å². The number of rotatable bonds is 4. The molecule has 0 saturated heterocycles. The van der Waals surface area contributed by atoms with E-state index in [0.717, 1.165) is 27.2 Å². The SMILES string of the molecule is CC(C)(C)OC([O-])=NC(Cc1c[nH]c2cc3ccccc3cc12)C(=O)O. The zero-order valence-corrected chi connectivity index (χ0v) is 14.9. The number of nitrogens with one attached hydrogen (secondary N) is 1. The second-order valence-electron chi connectivity index (χ2n) is 7.23. The summed E-state index contributed by atoms with van der Waals surface area (Å²) in [7, 11) is 0. The number of hydrogen-bond donors (Lipinski definition) is 2. The molecule has 0 spiro atoms. The number of nitrogens with zero attached hydrogens (tertiary/aromatic N) is 1. The van der Waals surface area contributed by atoms with Crippen molar-refractivity contribution in [3.05, 3.63) is 48.2 Å². The molecule has 136 valence electrons. The molecule has 0 radical (unpaired) electrons. The lowest BCUT2D eigenvalue weighted by Crippen LogP contribution is -2.34. The van der Waals surface area contributed by atoms with E-state index in [4.69, 9.17) is 4.74 Å². The Bertz CT molecular complexity index is 982. The number of carboxylic acids is 1. The van der Waals surface area contributed by atoms with Crippen LogP contribution in [0.3, 0.4) is 0 Å². The quantitative estimate of drug-likeness (QED) is 0.557. The van der Waals surface area contributed by atoms with Crippen LogP contribution in [0.15, 0.2) is 47.6 Å². The first kappa shape index (κ1) is 17.8. The maximum atomic E-state index is 11.9. The third kappa shape index (κ3) is 3.96. The zero-order chi connectivity index (χ0) is 18.9. The molecule has 6 nitrogen and oxygen atoms in total. The fourth-order valence-corrected chi connectivity index (χ4v) is 2.85. The Hall–Kier alpha value is -3.02. The van der Waals surface area contributed by atoms with Gasteiger partial charge in [0.15, 0.2) is 6.04 Å². The van der Waals surface area contributed by atoms with Gasteiger partial charge < -0.3 is 19.9 Å². The van der Waals surface area contributed by atoms with Gasteiger partial charge in [-0.3, -0.25) is 4.99 Å². The van der Waals surface area contributed by atoms with Crippen molar-refractivity contribution in [2.75, 3.05) is 0 Å². The van der Waals surface area contributed by atoms with Crippen molar-refractivity contribution in [1.29, 1.82) is 0 Å². The maximum absolute atomic E-state index is 11.9. The molecule has 0 fully saturated rings. The van der Waals surface area contributed by atoms with E-state index in [1.54, 1.807) is 27.0 Å². The predicted octanol–water partition coefficient (Wildman–Crippen LogP) is 2.85. The van der Waals surface area contributed by atoms with E-state index in [2.05, 4.69) is 9.98 Å². The van der Waals surface area contributed by atoms with Gasteiger partial charge in [0.25, 0.3) is 0 Å². The van der Waals surface area contributed by atoms with Crippen molar-refractivity contribution < 1.29 is 19.7 Å². The van der Waals surface area contributed by atoms with Crippen molar-refractivity contribution in [3.8, 4) is 0 Å². The summed E-state index contributed by atoms with van der Waals surface area (Å²) in [5, 5.41) is 24.4. The number of hydrogen-bond acceptors (Lipinski definition) is 4. The molecule has 0 amide bonds. The highest BCUT2D eigenvalue weighted by atomic mass is 16.6. The van der Waals surface area contributed by atoms with Crippen LogP contribution in [0.25, 0.3) is 21.7 Å². The van der Waals surface area contributed by atoms with E-state index < -0.39 is 23.7 Å². The summed E-state index contributed by atoms with van der Waals surface area (Å²) in [5.41, 5.74) is 0.995. The van der Waals surface area contributed by atoms with Crippen molar-refractivity contribution >= 4 is 33.7 Å². The second kappa shape index (κ2) is 6.71. The molecule has 1 aromatic heterocycles. The Morgan fingerprint density at radius 3 is 2.54 bits per heavy atom. The van der Waals surface area contributed by atoms with E-state index in [1.165, 1.54) is 0 Å². The molecule has 3 aromatic rings. The number of H-pyrrole nitrogens is 1. The molecule has 26 heavy (non-hydrogen) atoms. The van der Waals surface area contributed by atoms with Gasteiger partial charge in [-0.05, 0) is 28.5 Å². The first-order valence-corrected chi connectivity index (χ1v) is 8.38. The van der Waals surface area contributed by atoms with Crippen molar-refractivity contribution in [2.24, 2.45) is 4.99 Å². The van der Waals surface area contributed by atoms with E-state index >= 15 is 0 Å². The molecule has 2 N–H and O–H groups in total. The van der Waals surface area contributed by atoms with Crippen LogP contribution in [0.2, 0.25) is 0 Å². The first-order valence-electron chi connectivity index (χ1n) is 8.38. The van der Waals surface area contributed by atoms with E-state index in [-0.39, 0.29) is 6.42 Å². The fraction of sp³-hybridized carbons (Fsp3) is 0.300. The summed E-state index contributed by atoms with van der Waals surface area (Å²) in [4.78, 5) is 18.5. The number of aliphatic carboxylic acids is 1. The first-order chi connectivity index (χ1) is 12.2. The van der Waals surface area contributed by atoms with Crippen LogP contribution in [0.4, 0.5) is 0 Å². The number of aromatic nitrogens is 1. The summed E-state index contributed by atoms with van der Waals surface area (Å²) in [6, 6.07) is 10.8. The molecule has 0 aliphatic carbocycles. The predicted molar refractivity (Wildman–Crippen MR) is 99.2 cm³/mol. The monoisotopic (exact) mass is 353 g/mol. The fourth-order valence-electron chi connectivity index (χ4n) is 2.85. The summed E-state index contributed by atoms with van der Waals surface area (Å²) >= 11 is 0. The minimum absolute atomic E-state index is 0.104. The Kier molecular flexibility index (Phi) is 4.59. The topological polar surface area (TPSA) is 97.7 Å². The molecule has 3 rings (SSSR count). The second-order valence-corrected chi connectivity index (χ2v) is 7.23. The molecule has 1 atom stereocenters. The lowest BCUT2D eigenvalue weighted by molar-refractivity contribution is -0.261. The highest BCUT2D eigenvalue weighted by molar-refractivity contribution is 5.98. The average Bonchev–Trinajstić information content (AvgIpc) is 2.92. The van der Waals surface area contributed by atoms with Gasteiger partial charge in [-0.25, -0.2) is 4.79 Å². The summed E-state index contributed by atoms with van der Waals surface area (Å²) in [6.45, 7) is 5.13. The number of ether oxygens (including phenoxy) is 1. The molecule has 1 heterocycles. The maximum Gasteiger partial charge on any atom is 0.328 e. The van der Waals surface area contributed by atoms with E-state index in [0.29, 0.717) is 0 Å². The smallest absolute Gasteiger partial charge is 0.328 e. The van der Waals surface area contributed by atoms with Crippen LogP contribution >= 0.6 is 0 Å². The van der Waals surface area contributed by atoms with Gasteiger partial charge in [-0.1, -0.05) is 45.0 Å². The molecular weight excluding hydrogens is 332 g/mol. The van der Waals surface area contributed by atoms with Gasteiger partial charge in [0.2, 0.25) is 0 Å². The third-order valence-electron chi connectivity index (χ3n) is 3.99. The van der Waals surface area contributed by atoms with Crippen molar-refractivity contribution in [1.82, 2.24) is 4.98 Å². The number of aliphatic imine (C=N–C) groups is 1. The molecule has 0 saturated carbocycles. The molecule has 0 bridgehead atoms. The minimum Gasteiger partial charge on any atom is -0.595 e. The number of aromatic amines is 1. The van der Waals surface area contributed by atoms with Gasteiger partial charge in [0.1, 0.15) is 6.08 Å². The molecule has 2 aromatic carbocycles. The largest absolute Gasteiger partial charge is 0.595 e. The third-order valence-corrected chi connectivity index (χ3v) is 3.99. The lowest BCUT2D eigenvalue weighted by Gasteiger charge is -2.30. The standard InChI is InChI=1S/C20H22N2O4/c1-20(2,3)26-19(25)22-17(18(23)24)10-14-11-21-16-9-13-7-5-4-6-12(13)8-15(14)16/h4-9,11,17,21H,10H2,1-3H3,(H,22,25)(H,23,24)/p-1. The normalized spacial score (nSPS) is 13.9. The number of fused-ring (bicyclic) bond motifs is 2. The highest BCUT2D eigenvalue weighted by Gasteiger charge is 2.19. The van der Waals surface area contributed by atoms with Crippen molar-refractivity contribution in [2.45, 2.75) is 38.8 Å². The van der Waals surface area contributed by atoms with Crippen LogP contribution in [-0.2, 0) is 16.0 Å². The van der Waals surface area contributed by atoms with Gasteiger partial charge in [0.05, 0.1) is 0 Å². The number of carboxylic acid groups (broad SMARTS) is 1. The van der Waals surface area contributed by atoms with Gasteiger partial charge >= 0.3 is 5.97 Å². The molecule has 0 aliphatic rings. The Balaban J connectivity index is 1.93. The highest BCUT2D eigenvalue weighted by Crippen LogP contribution is 2.26. The van der Waals surface area contributed by atoms with Crippen LogP contribution in [-0.4, -0.2) is 33.8 Å². The van der Waals surface area contributed by atoms with Gasteiger partial charge in [0, 0.05) is 29.1 Å². The molecule has 1 unspecified atom stereocenters. The van der Waals surface area contributed by atoms with Crippen molar-refractivity contribution in [3.63, 3.8) is 0 Å². The van der Waals surface area contributed by atoms with Crippen LogP contribution in [0.1, 0.15) is 26.3 Å². The molecule has 0 aliphatic heterocycles. The van der Waals surface area contributed by atoms with E-state index in [9.17, 15) is 15.0 Å². The summed E-state index contributed by atoms with van der Waals surface area (Å²) in [6.07, 6.45) is 1.01. The summed E-state index contributed by atoms with van der Waals surface area (Å²) in [5.74, 6) is -1.16. The Morgan fingerprint density at radius 1 is 1.27 bits per heavy atom. The van der Waals surface area contributed by atoms with Crippen LogP contribution < -0.4 is 5.11 Å². The molecular formula is C20H21N2O4-. The molecule has 6 heteroatoms. The zero-order valence-electron chi connectivity index (χ0n) is 14.9. The van der Waals surface area contributed by atoms with Crippen LogP contribution in [0, 0.1) is 0 Å². The number of benzene rings is 2. The van der Waals surface area contributed by atoms with E-state index in [1.807, 2.05) is 36.4 Å². The lowest BCUT2D eigenvalue weighted by atomic mass is 10.0. The van der Waals surface area contributed by atoms with Gasteiger partial charge in [-0.2, -0.15) is 0 Å². The Morgan fingerprint density at radius 2 is 1.92 bits per heavy atom. The summed E-state index contributed by atoms with van der Waals surface area (Å²) < 4.78 is 5.11. The van der Waals surface area contributed by atoms with Crippen LogP contribution in [0.5, 0.6) is 0 Å².